The van der Waals surface area contributed by atoms with Gasteiger partial charge in [0.1, 0.15) is 11.5 Å². The van der Waals surface area contributed by atoms with E-state index in [9.17, 15) is 4.79 Å². The Labute approximate surface area is 274 Å². The number of nitrogens with one attached hydrogen (secondary N) is 1. The summed E-state index contributed by atoms with van der Waals surface area (Å²) in [6, 6.07) is 1.72. The molecule has 2 aliphatic rings. The summed E-state index contributed by atoms with van der Waals surface area (Å²) in [6.07, 6.45) is 13.1. The van der Waals surface area contributed by atoms with Gasteiger partial charge < -0.3 is 28.8 Å². The molecular weight excluding hydrogens is 585 g/mol. The van der Waals surface area contributed by atoms with Gasteiger partial charge in [0.2, 0.25) is 5.91 Å². The van der Waals surface area contributed by atoms with Crippen LogP contribution >= 0.6 is 0 Å². The molecular formula is C37H52FN3O5. The molecule has 0 radical (unpaired) electrons. The Hall–Kier alpha value is -3.85. The summed E-state index contributed by atoms with van der Waals surface area (Å²) in [7, 11) is 1.71. The van der Waals surface area contributed by atoms with Gasteiger partial charge >= 0.3 is 0 Å². The van der Waals surface area contributed by atoms with E-state index in [0.29, 0.717) is 61.1 Å². The van der Waals surface area contributed by atoms with Crippen molar-refractivity contribution in [2.75, 3.05) is 40.0 Å². The number of allylic oxidation sites excluding steroid dienone is 5. The molecule has 3 rings (SSSR count). The maximum Gasteiger partial charge on any atom is 0.226 e. The fourth-order valence-electron chi connectivity index (χ4n) is 5.85. The number of amides is 1. The first-order valence-corrected chi connectivity index (χ1v) is 16.3. The van der Waals surface area contributed by atoms with E-state index in [-0.39, 0.29) is 36.0 Å². The summed E-state index contributed by atoms with van der Waals surface area (Å²) in [5.74, 6) is 1.13. The number of ether oxygens (including phenoxy) is 4. The molecule has 1 aliphatic carbocycles. The van der Waals surface area contributed by atoms with Gasteiger partial charge in [0, 0.05) is 73.6 Å². The maximum absolute atomic E-state index is 15.3. The van der Waals surface area contributed by atoms with Crippen LogP contribution in [0.5, 0.6) is 0 Å². The van der Waals surface area contributed by atoms with Crippen LogP contribution in [-0.4, -0.2) is 62.0 Å². The summed E-state index contributed by atoms with van der Waals surface area (Å²) < 4.78 is 38.9. The number of methoxy groups -OCH3 is 1. The van der Waals surface area contributed by atoms with Gasteiger partial charge in [0.05, 0.1) is 37.7 Å². The maximum atomic E-state index is 15.3. The fraction of sp³-hybridized carbons (Fsp3) is 0.514. The van der Waals surface area contributed by atoms with E-state index in [1.807, 2.05) is 50.1 Å². The highest BCUT2D eigenvalue weighted by Gasteiger charge is 2.38. The molecule has 1 aliphatic heterocycles. The van der Waals surface area contributed by atoms with Crippen molar-refractivity contribution in [3.05, 3.63) is 83.1 Å². The predicted octanol–water partition coefficient (Wildman–Crippen LogP) is 8.42. The number of H-pyrrole nitrogens is 1. The molecule has 0 aromatic carbocycles. The summed E-state index contributed by atoms with van der Waals surface area (Å²) in [4.78, 5) is 22.9. The number of hydrogen-bond acceptors (Lipinski definition) is 6. The largest absolute Gasteiger partial charge is 0.494 e. The van der Waals surface area contributed by atoms with Crippen LogP contribution in [0.3, 0.4) is 0 Å². The molecule has 9 heteroatoms. The lowest BCUT2D eigenvalue weighted by Gasteiger charge is -2.27. The number of hydrogen-bond donors (Lipinski definition) is 1. The average molecular weight is 638 g/mol. The molecule has 2 atom stereocenters. The van der Waals surface area contributed by atoms with Crippen LogP contribution in [0.25, 0.3) is 11.9 Å². The van der Waals surface area contributed by atoms with Gasteiger partial charge in [-0.05, 0) is 52.2 Å². The Morgan fingerprint density at radius 2 is 2.07 bits per heavy atom. The minimum atomic E-state index is -0.476. The minimum Gasteiger partial charge on any atom is -0.494 e. The van der Waals surface area contributed by atoms with Crippen molar-refractivity contribution >= 4 is 24.0 Å². The van der Waals surface area contributed by atoms with Gasteiger partial charge in [-0.15, -0.1) is 0 Å². The van der Waals surface area contributed by atoms with E-state index in [2.05, 4.69) is 25.1 Å². The molecule has 2 unspecified atom stereocenters. The number of carbonyl (C=O) groups is 1. The lowest BCUT2D eigenvalue weighted by molar-refractivity contribution is -0.131. The van der Waals surface area contributed by atoms with Crippen LogP contribution in [0.15, 0.2) is 71.2 Å². The molecule has 1 aromatic rings. The first kappa shape index (κ1) is 36.6. The Balaban J connectivity index is 1.76. The second-order valence-corrected chi connectivity index (χ2v) is 11.9. The molecule has 0 saturated carbocycles. The van der Waals surface area contributed by atoms with E-state index in [0.717, 1.165) is 37.2 Å². The molecule has 2 heterocycles. The van der Waals surface area contributed by atoms with Crippen LogP contribution in [0.4, 0.5) is 4.39 Å². The Bertz CT molecular complexity index is 1380. The molecule has 46 heavy (non-hydrogen) atoms. The van der Waals surface area contributed by atoms with Gasteiger partial charge in [0.15, 0.2) is 11.6 Å². The SMILES string of the molecule is C=Cc1[nH]c(C)cc1/C(F)=C(\C)OC(=C)CC1C=CC/C(OCC)=C(OCCC(=O)N2CCC(CC)(COC)C2)\C=C/1N=CCC. The molecule has 1 saturated heterocycles. The number of aryl methyl sites for hydroxylation is 1. The van der Waals surface area contributed by atoms with Gasteiger partial charge in [-0.3, -0.25) is 9.79 Å². The Morgan fingerprint density at radius 3 is 2.74 bits per heavy atom. The van der Waals surface area contributed by atoms with E-state index in [1.54, 1.807) is 26.2 Å². The topological polar surface area (TPSA) is 85.4 Å². The summed E-state index contributed by atoms with van der Waals surface area (Å²) in [6.45, 7) is 20.2. The standard InChI is InChI=1S/C37H52FN3O5/c1-9-18-39-32-23-34(45-20-16-35(42)41-19-17-37(11-3,24-41)25-43-8)33(44-12-4)15-13-14-29(32)22-27(6)46-28(7)36(38)30-21-26(5)40-31(30)10-2/h10,13-14,18,21,23,29,40H,2,6,9,11-12,15-17,19-20,22,24-25H2,1,3-5,7-8H3/b14-13?,32-23+,34-33-,36-28-,39-18?. The fourth-order valence-corrected chi connectivity index (χ4v) is 5.85. The molecule has 1 amide bonds. The van der Waals surface area contributed by atoms with Crippen molar-refractivity contribution in [2.45, 2.75) is 73.1 Å². The van der Waals surface area contributed by atoms with Gasteiger partial charge in [-0.25, -0.2) is 4.39 Å². The minimum absolute atomic E-state index is 0.0230. The zero-order valence-electron chi connectivity index (χ0n) is 28.5. The number of aromatic amines is 1. The lowest BCUT2D eigenvalue weighted by atomic mass is 9.85. The molecule has 252 valence electrons. The number of likely N-dealkylation sites (tertiary alicyclic amines) is 1. The van der Waals surface area contributed by atoms with E-state index >= 15 is 4.39 Å². The quantitative estimate of drug-likeness (QED) is 0.105. The molecule has 1 fully saturated rings. The molecule has 1 N–H and O–H groups in total. The van der Waals surface area contributed by atoms with Crippen molar-refractivity contribution in [2.24, 2.45) is 16.3 Å². The second-order valence-electron chi connectivity index (χ2n) is 11.9. The van der Waals surface area contributed by atoms with Crippen molar-refractivity contribution < 1.29 is 28.1 Å². The van der Waals surface area contributed by atoms with Crippen LogP contribution in [-0.2, 0) is 23.7 Å². The summed E-state index contributed by atoms with van der Waals surface area (Å²) in [5.41, 5.74) is 2.57. The van der Waals surface area contributed by atoms with Crippen molar-refractivity contribution in [3.8, 4) is 0 Å². The van der Waals surface area contributed by atoms with Crippen LogP contribution in [0.2, 0.25) is 0 Å². The van der Waals surface area contributed by atoms with E-state index in [1.165, 1.54) is 0 Å². The third-order valence-corrected chi connectivity index (χ3v) is 8.39. The van der Waals surface area contributed by atoms with E-state index < -0.39 is 5.83 Å². The molecule has 8 nitrogen and oxygen atoms in total. The lowest BCUT2D eigenvalue weighted by Crippen LogP contribution is -2.34. The summed E-state index contributed by atoms with van der Waals surface area (Å²) >= 11 is 0. The monoisotopic (exact) mass is 637 g/mol. The Kier molecular flexibility index (Phi) is 14.1. The number of carbonyl (C=O) groups excluding carboxylic acids is 1. The van der Waals surface area contributed by atoms with Crippen molar-refractivity contribution in [1.29, 1.82) is 0 Å². The van der Waals surface area contributed by atoms with Crippen molar-refractivity contribution in [3.63, 3.8) is 0 Å². The first-order chi connectivity index (χ1) is 22.1. The number of rotatable bonds is 17. The zero-order chi connectivity index (χ0) is 33.7. The number of halogens is 1. The average Bonchev–Trinajstić information content (AvgIpc) is 3.64. The third kappa shape index (κ3) is 9.82. The van der Waals surface area contributed by atoms with Crippen LogP contribution in [0.1, 0.15) is 83.2 Å². The highest BCUT2D eigenvalue weighted by Crippen LogP contribution is 2.35. The second kappa shape index (κ2) is 17.7. The third-order valence-electron chi connectivity index (χ3n) is 8.39. The number of aromatic nitrogens is 1. The van der Waals surface area contributed by atoms with Crippen LogP contribution < -0.4 is 0 Å². The highest BCUT2D eigenvalue weighted by atomic mass is 19.1. The number of nitrogens with zero attached hydrogens (tertiary/aromatic N) is 2. The predicted molar refractivity (Wildman–Crippen MR) is 183 cm³/mol. The van der Waals surface area contributed by atoms with Gasteiger partial charge in [0.25, 0.3) is 0 Å². The Morgan fingerprint density at radius 1 is 1.28 bits per heavy atom. The molecule has 1 aromatic heterocycles. The smallest absolute Gasteiger partial charge is 0.226 e. The van der Waals surface area contributed by atoms with E-state index in [4.69, 9.17) is 23.9 Å². The summed E-state index contributed by atoms with van der Waals surface area (Å²) in [5, 5.41) is 0. The van der Waals surface area contributed by atoms with Crippen LogP contribution in [0, 0.1) is 18.3 Å². The van der Waals surface area contributed by atoms with Gasteiger partial charge in [-0.2, -0.15) is 0 Å². The normalized spacial score (nSPS) is 23.4. The zero-order valence-corrected chi connectivity index (χ0v) is 28.5. The molecule has 0 spiro atoms. The highest BCUT2D eigenvalue weighted by molar-refractivity contribution is 5.76. The van der Waals surface area contributed by atoms with Gasteiger partial charge in [-0.1, -0.05) is 39.2 Å². The van der Waals surface area contributed by atoms with Crippen molar-refractivity contribution in [1.82, 2.24) is 9.88 Å². The molecule has 0 bridgehead atoms. The first-order valence-electron chi connectivity index (χ1n) is 16.3. The number of aliphatic imine (C=N–C) groups is 1.